The van der Waals surface area contributed by atoms with Crippen LogP contribution < -0.4 is 10.2 Å². The SMILES string of the molecule is O=C(Nc1ccc(N2C(=O)c3ccccc3C2=O)cc1)c1cccc(Cl)c1Cl. The van der Waals surface area contributed by atoms with Gasteiger partial charge in [-0.1, -0.05) is 41.4 Å². The van der Waals surface area contributed by atoms with Crippen LogP contribution in [0.2, 0.25) is 10.0 Å². The number of hydrogen-bond donors (Lipinski definition) is 1. The minimum atomic E-state index is -0.416. The van der Waals surface area contributed by atoms with E-state index in [4.69, 9.17) is 23.2 Å². The Morgan fingerprint density at radius 3 is 2.00 bits per heavy atom. The van der Waals surface area contributed by atoms with Crippen molar-refractivity contribution in [3.8, 4) is 0 Å². The summed E-state index contributed by atoms with van der Waals surface area (Å²) < 4.78 is 0. The molecule has 0 aliphatic carbocycles. The maximum absolute atomic E-state index is 12.5. The smallest absolute Gasteiger partial charge is 0.266 e. The predicted molar refractivity (Wildman–Crippen MR) is 108 cm³/mol. The molecule has 0 unspecified atom stereocenters. The minimum absolute atomic E-state index is 0.171. The summed E-state index contributed by atoms with van der Waals surface area (Å²) in [4.78, 5) is 38.6. The number of halogens is 2. The lowest BCUT2D eigenvalue weighted by molar-refractivity contribution is 0.0924. The molecule has 3 aromatic carbocycles. The average Bonchev–Trinajstić information content (AvgIpc) is 2.95. The van der Waals surface area contributed by atoms with E-state index < -0.39 is 5.91 Å². The van der Waals surface area contributed by atoms with Crippen molar-refractivity contribution in [3.63, 3.8) is 0 Å². The maximum atomic E-state index is 12.5. The van der Waals surface area contributed by atoms with E-state index in [9.17, 15) is 14.4 Å². The molecule has 138 valence electrons. The monoisotopic (exact) mass is 410 g/mol. The fourth-order valence-electron chi connectivity index (χ4n) is 3.00. The summed E-state index contributed by atoms with van der Waals surface area (Å²) in [6.45, 7) is 0. The first-order valence-corrected chi connectivity index (χ1v) is 9.06. The van der Waals surface area contributed by atoms with Crippen LogP contribution in [0.4, 0.5) is 11.4 Å². The highest BCUT2D eigenvalue weighted by Crippen LogP contribution is 2.30. The lowest BCUT2D eigenvalue weighted by Crippen LogP contribution is -2.29. The van der Waals surface area contributed by atoms with Crippen molar-refractivity contribution >= 4 is 52.3 Å². The molecule has 0 saturated heterocycles. The summed E-state index contributed by atoms with van der Waals surface area (Å²) in [5, 5.41) is 3.17. The second-order valence-corrected chi connectivity index (χ2v) is 6.88. The van der Waals surface area contributed by atoms with Crippen LogP contribution in [-0.4, -0.2) is 17.7 Å². The number of carbonyl (C=O) groups excluding carboxylic acids is 3. The van der Waals surface area contributed by atoms with Crippen LogP contribution >= 0.6 is 23.2 Å². The van der Waals surface area contributed by atoms with Crippen LogP contribution in [0.3, 0.4) is 0 Å². The Morgan fingerprint density at radius 1 is 0.786 bits per heavy atom. The molecule has 0 saturated carbocycles. The van der Waals surface area contributed by atoms with Gasteiger partial charge < -0.3 is 5.32 Å². The molecule has 4 rings (SSSR count). The van der Waals surface area contributed by atoms with Gasteiger partial charge >= 0.3 is 0 Å². The fourth-order valence-corrected chi connectivity index (χ4v) is 3.38. The van der Waals surface area contributed by atoms with Gasteiger partial charge in [0.1, 0.15) is 0 Å². The summed E-state index contributed by atoms with van der Waals surface area (Å²) in [7, 11) is 0. The Hall–Kier alpha value is -3.15. The number of amides is 3. The number of nitrogens with one attached hydrogen (secondary N) is 1. The lowest BCUT2D eigenvalue weighted by atomic mass is 10.1. The van der Waals surface area contributed by atoms with Gasteiger partial charge in [-0.15, -0.1) is 0 Å². The molecule has 1 heterocycles. The molecule has 1 N–H and O–H groups in total. The molecule has 3 aromatic rings. The van der Waals surface area contributed by atoms with Gasteiger partial charge in [0.25, 0.3) is 17.7 Å². The molecular weight excluding hydrogens is 399 g/mol. The zero-order valence-electron chi connectivity index (χ0n) is 14.3. The maximum Gasteiger partial charge on any atom is 0.266 e. The van der Waals surface area contributed by atoms with Crippen molar-refractivity contribution < 1.29 is 14.4 Å². The van der Waals surface area contributed by atoms with Gasteiger partial charge in [0.15, 0.2) is 0 Å². The average molecular weight is 411 g/mol. The summed E-state index contributed by atoms with van der Waals surface area (Å²) in [5.74, 6) is -1.16. The topological polar surface area (TPSA) is 66.5 Å². The van der Waals surface area contributed by atoms with E-state index in [1.54, 1.807) is 66.7 Å². The largest absolute Gasteiger partial charge is 0.322 e. The van der Waals surface area contributed by atoms with E-state index in [0.29, 0.717) is 22.5 Å². The lowest BCUT2D eigenvalue weighted by Gasteiger charge is -2.15. The Labute approximate surface area is 170 Å². The van der Waals surface area contributed by atoms with Crippen molar-refractivity contribution in [2.45, 2.75) is 0 Å². The molecule has 0 bridgehead atoms. The third-order valence-corrected chi connectivity index (χ3v) is 5.19. The van der Waals surface area contributed by atoms with Crippen LogP contribution in [0.1, 0.15) is 31.1 Å². The first kappa shape index (κ1) is 18.2. The van der Waals surface area contributed by atoms with Crippen molar-refractivity contribution in [2.24, 2.45) is 0 Å². The molecule has 1 aliphatic heterocycles. The van der Waals surface area contributed by atoms with Crippen molar-refractivity contribution in [1.29, 1.82) is 0 Å². The molecule has 7 heteroatoms. The summed E-state index contributed by atoms with van der Waals surface area (Å²) >= 11 is 12.0. The van der Waals surface area contributed by atoms with Crippen molar-refractivity contribution in [1.82, 2.24) is 0 Å². The molecule has 1 aliphatic rings. The van der Waals surface area contributed by atoms with E-state index in [1.807, 2.05) is 0 Å². The molecular formula is C21H12Cl2N2O3. The third kappa shape index (κ3) is 3.05. The number of benzene rings is 3. The number of rotatable bonds is 3. The van der Waals surface area contributed by atoms with Gasteiger partial charge in [-0.2, -0.15) is 0 Å². The predicted octanol–water partition coefficient (Wildman–Crippen LogP) is 5.05. The Kier molecular flexibility index (Phi) is 4.63. The number of nitrogens with zero attached hydrogens (tertiary/aromatic N) is 1. The summed E-state index contributed by atoms with van der Waals surface area (Å²) in [6.07, 6.45) is 0. The molecule has 5 nitrogen and oxygen atoms in total. The molecule has 0 atom stereocenters. The third-order valence-electron chi connectivity index (χ3n) is 4.37. The number of imide groups is 1. The highest BCUT2D eigenvalue weighted by molar-refractivity contribution is 6.44. The second-order valence-electron chi connectivity index (χ2n) is 6.09. The number of anilines is 2. The van der Waals surface area contributed by atoms with Crippen LogP contribution in [-0.2, 0) is 0 Å². The van der Waals surface area contributed by atoms with E-state index >= 15 is 0 Å². The second kappa shape index (κ2) is 7.11. The van der Waals surface area contributed by atoms with Gasteiger partial charge in [-0.25, -0.2) is 4.90 Å². The van der Waals surface area contributed by atoms with Gasteiger partial charge in [-0.3, -0.25) is 14.4 Å². The normalized spacial score (nSPS) is 12.9. The summed E-state index contributed by atoms with van der Waals surface area (Å²) in [5.41, 5.74) is 1.91. The number of hydrogen-bond acceptors (Lipinski definition) is 3. The van der Waals surface area contributed by atoms with Crippen molar-refractivity contribution in [2.75, 3.05) is 10.2 Å². The fraction of sp³-hybridized carbons (Fsp3) is 0. The first-order chi connectivity index (χ1) is 13.5. The standard InChI is InChI=1S/C21H12Cl2N2O3/c22-17-7-3-6-16(18(17)23)19(26)24-12-8-10-13(11-9-12)25-20(27)14-4-1-2-5-15(14)21(25)28/h1-11H,(H,24,26). The Morgan fingerprint density at radius 2 is 1.39 bits per heavy atom. The zero-order valence-corrected chi connectivity index (χ0v) is 15.8. The molecule has 0 spiro atoms. The molecule has 0 aromatic heterocycles. The van der Waals surface area contributed by atoms with E-state index in [-0.39, 0.29) is 27.4 Å². The zero-order chi connectivity index (χ0) is 19.8. The van der Waals surface area contributed by atoms with E-state index in [1.165, 1.54) is 0 Å². The van der Waals surface area contributed by atoms with Gasteiger partial charge in [0.05, 0.1) is 32.4 Å². The summed E-state index contributed by atoms with van der Waals surface area (Å²) in [6, 6.07) is 17.9. The molecule has 3 amide bonds. The highest BCUT2D eigenvalue weighted by Gasteiger charge is 2.36. The number of carbonyl (C=O) groups is 3. The molecule has 0 fully saturated rings. The number of fused-ring (bicyclic) bond motifs is 1. The van der Waals surface area contributed by atoms with E-state index in [0.717, 1.165) is 4.90 Å². The molecule has 28 heavy (non-hydrogen) atoms. The van der Waals surface area contributed by atoms with Crippen LogP contribution in [0, 0.1) is 0 Å². The van der Waals surface area contributed by atoms with Crippen molar-refractivity contribution in [3.05, 3.63) is 93.5 Å². The Bertz CT molecular complexity index is 1090. The quantitative estimate of drug-likeness (QED) is 0.614. The minimum Gasteiger partial charge on any atom is -0.322 e. The van der Waals surface area contributed by atoms with Gasteiger partial charge in [0, 0.05) is 5.69 Å². The van der Waals surface area contributed by atoms with Crippen LogP contribution in [0.5, 0.6) is 0 Å². The first-order valence-electron chi connectivity index (χ1n) is 8.30. The van der Waals surface area contributed by atoms with Gasteiger partial charge in [0.2, 0.25) is 0 Å². The van der Waals surface area contributed by atoms with Crippen LogP contribution in [0.25, 0.3) is 0 Å². The highest BCUT2D eigenvalue weighted by atomic mass is 35.5. The van der Waals surface area contributed by atoms with Crippen LogP contribution in [0.15, 0.2) is 66.7 Å². The van der Waals surface area contributed by atoms with E-state index in [2.05, 4.69) is 5.32 Å². The molecule has 0 radical (unpaired) electrons. The Balaban J connectivity index is 1.55. The van der Waals surface area contributed by atoms with Gasteiger partial charge in [-0.05, 0) is 48.5 Å².